The number of para-hydroxylation sites is 3. The van der Waals surface area contributed by atoms with Crippen molar-refractivity contribution in [1.29, 1.82) is 0 Å². The van der Waals surface area contributed by atoms with Gasteiger partial charge >= 0.3 is 0 Å². The van der Waals surface area contributed by atoms with E-state index in [1.807, 2.05) is 0 Å². The van der Waals surface area contributed by atoms with Crippen molar-refractivity contribution in [3.8, 4) is 62.1 Å². The van der Waals surface area contributed by atoms with Gasteiger partial charge in [-0.15, -0.1) is 0 Å². The number of hydrogen-bond donors (Lipinski definition) is 0. The van der Waals surface area contributed by atoms with Gasteiger partial charge in [-0.05, 0) is 107 Å². The third-order valence-corrected chi connectivity index (χ3v) is 22.2. The van der Waals surface area contributed by atoms with Gasteiger partial charge < -0.3 is 4.57 Å². The highest BCUT2D eigenvalue weighted by Gasteiger charge is 2.49. The number of fused-ring (bicyclic) bond motifs is 3. The van der Waals surface area contributed by atoms with Crippen LogP contribution >= 0.6 is 0 Å². The third-order valence-electron chi connectivity index (χ3n) is 17.4. The van der Waals surface area contributed by atoms with E-state index < -0.39 is 8.07 Å². The summed E-state index contributed by atoms with van der Waals surface area (Å²) in [4.78, 5) is 16.5. The van der Waals surface area contributed by atoms with Crippen molar-refractivity contribution in [2.75, 3.05) is 0 Å². The lowest BCUT2D eigenvalue weighted by Gasteiger charge is -2.47. The summed E-state index contributed by atoms with van der Waals surface area (Å²) in [5, 5.41) is 7.95. The highest BCUT2D eigenvalue weighted by molar-refractivity contribution is 7.20. The van der Waals surface area contributed by atoms with E-state index in [9.17, 15) is 0 Å². The first-order valence-corrected chi connectivity index (χ1v) is 30.3. The van der Waals surface area contributed by atoms with Crippen molar-refractivity contribution in [3.63, 3.8) is 0 Å². The minimum absolute atomic E-state index is 0.0347. The molecular formula is C77H52N4Si. The Morgan fingerprint density at radius 2 is 0.707 bits per heavy atom. The Morgan fingerprint density at radius 1 is 0.280 bits per heavy atom. The number of rotatable bonds is 10. The lowest BCUT2D eigenvalue weighted by molar-refractivity contribution is 0.760. The highest BCUT2D eigenvalue weighted by atomic mass is 28.3. The molecule has 0 fully saturated rings. The van der Waals surface area contributed by atoms with Crippen molar-refractivity contribution in [1.82, 2.24) is 19.5 Å². The highest BCUT2D eigenvalue weighted by Crippen LogP contribution is 2.57. The molecule has 4 nitrogen and oxygen atoms in total. The first kappa shape index (κ1) is 47.6. The van der Waals surface area contributed by atoms with Crippen molar-refractivity contribution in [2.45, 2.75) is 11.8 Å². The lowest BCUT2D eigenvalue weighted by atomic mass is 9.60. The minimum atomic E-state index is -2.98. The maximum absolute atomic E-state index is 5.55. The summed E-state index contributed by atoms with van der Waals surface area (Å²) >= 11 is 0. The van der Waals surface area contributed by atoms with Crippen LogP contribution in [0.1, 0.15) is 45.2 Å². The van der Waals surface area contributed by atoms with E-state index in [0.29, 0.717) is 17.5 Å². The van der Waals surface area contributed by atoms with Crippen LogP contribution in [0.4, 0.5) is 0 Å². The van der Waals surface area contributed by atoms with E-state index in [2.05, 4.69) is 308 Å². The van der Waals surface area contributed by atoms with Gasteiger partial charge in [0, 0.05) is 39.3 Å². The van der Waals surface area contributed by atoms with Crippen LogP contribution in [0.25, 0.3) is 83.9 Å². The fourth-order valence-corrected chi connectivity index (χ4v) is 19.1. The molecule has 0 N–H and O–H groups in total. The Bertz CT molecular complexity index is 4610. The van der Waals surface area contributed by atoms with Gasteiger partial charge in [-0.1, -0.05) is 273 Å². The van der Waals surface area contributed by atoms with Crippen LogP contribution in [-0.4, -0.2) is 27.6 Å². The van der Waals surface area contributed by atoms with Gasteiger partial charge in [0.1, 0.15) is 0 Å². The van der Waals surface area contributed by atoms with Crippen LogP contribution in [0.2, 0.25) is 0 Å². The SMILES string of the molecule is c1ccc(-c2ccccc2-c2nc(-c3cccc(-c4cccc5c4C4c6ccccc6C5c5cccc([Si](c6ccccc6)(c6ccccc6)c6ccccc6)c54)c3)nc(-c3ccccc3-n3c4ccccc4c4ccccc43)n2)cc1. The van der Waals surface area contributed by atoms with Gasteiger partial charge in [-0.2, -0.15) is 0 Å². The first-order chi connectivity index (χ1) is 40.7. The van der Waals surface area contributed by atoms with E-state index in [-0.39, 0.29) is 11.8 Å². The van der Waals surface area contributed by atoms with Crippen LogP contribution in [0.5, 0.6) is 0 Å². The summed E-state index contributed by atoms with van der Waals surface area (Å²) in [5.41, 5.74) is 18.9. The Morgan fingerprint density at radius 3 is 1.35 bits per heavy atom. The predicted octanol–water partition coefficient (Wildman–Crippen LogP) is 15.7. The average molecular weight is 1060 g/mol. The molecule has 2 atom stereocenters. The molecule has 0 amide bonds. The van der Waals surface area contributed by atoms with Gasteiger partial charge in [0.05, 0.1) is 16.7 Å². The van der Waals surface area contributed by atoms with Crippen molar-refractivity contribution < 1.29 is 0 Å². The van der Waals surface area contributed by atoms with Crippen molar-refractivity contribution in [2.24, 2.45) is 0 Å². The third kappa shape index (κ3) is 7.40. The topological polar surface area (TPSA) is 43.6 Å². The number of benzene rings is 12. The minimum Gasteiger partial charge on any atom is -0.309 e. The summed E-state index contributed by atoms with van der Waals surface area (Å²) in [6, 6.07) is 111. The molecule has 0 radical (unpaired) electrons. The Kier molecular flexibility index (Phi) is 11.3. The van der Waals surface area contributed by atoms with Crippen LogP contribution in [-0.2, 0) is 0 Å². The molecule has 12 aromatic carbocycles. The Balaban J connectivity index is 0.910. The number of nitrogens with zero attached hydrogens (tertiary/aromatic N) is 4. The Labute approximate surface area is 478 Å². The molecule has 14 aromatic rings. The molecular weight excluding hydrogens is 1010 g/mol. The van der Waals surface area contributed by atoms with Crippen molar-refractivity contribution >= 4 is 50.6 Å². The van der Waals surface area contributed by atoms with Gasteiger partial charge in [0.15, 0.2) is 25.5 Å². The molecule has 2 bridgehead atoms. The lowest BCUT2D eigenvalue weighted by Crippen LogP contribution is -2.75. The second kappa shape index (κ2) is 19.5. The molecule has 2 unspecified atom stereocenters. The molecule has 2 aromatic heterocycles. The summed E-state index contributed by atoms with van der Waals surface area (Å²) < 4.78 is 2.36. The zero-order chi connectivity index (χ0) is 54.1. The number of aromatic nitrogens is 4. The molecule has 3 aliphatic carbocycles. The maximum Gasteiger partial charge on any atom is 0.179 e. The van der Waals surface area contributed by atoms with Crippen LogP contribution < -0.4 is 20.7 Å². The maximum atomic E-state index is 5.55. The van der Waals surface area contributed by atoms with Gasteiger partial charge in [0.25, 0.3) is 0 Å². The largest absolute Gasteiger partial charge is 0.309 e. The summed E-state index contributed by atoms with van der Waals surface area (Å²) in [6.45, 7) is 0. The van der Waals surface area contributed by atoms with Crippen LogP contribution in [0.3, 0.4) is 0 Å². The normalized spacial score (nSPS) is 14.1. The molecule has 82 heavy (non-hydrogen) atoms. The molecule has 384 valence electrons. The van der Waals surface area contributed by atoms with Gasteiger partial charge in [-0.25, -0.2) is 15.0 Å². The monoisotopic (exact) mass is 1060 g/mol. The van der Waals surface area contributed by atoms with Crippen LogP contribution in [0.15, 0.2) is 303 Å². The van der Waals surface area contributed by atoms with Crippen LogP contribution in [0, 0.1) is 0 Å². The summed E-state index contributed by atoms with van der Waals surface area (Å²) in [5.74, 6) is 1.84. The molecule has 0 saturated heterocycles. The quantitative estimate of drug-likeness (QED) is 0.101. The fraction of sp³-hybridized carbons (Fsp3) is 0.0260. The zero-order valence-electron chi connectivity index (χ0n) is 44.8. The molecule has 0 aliphatic heterocycles. The molecule has 0 spiro atoms. The Hall–Kier alpha value is -10.3. The fourth-order valence-electron chi connectivity index (χ4n) is 14.1. The van der Waals surface area contributed by atoms with Gasteiger partial charge in [0.2, 0.25) is 0 Å². The van der Waals surface area contributed by atoms with E-state index in [0.717, 1.165) is 50.1 Å². The molecule has 5 heteroatoms. The van der Waals surface area contributed by atoms with E-state index in [1.165, 1.54) is 70.5 Å². The smallest absolute Gasteiger partial charge is 0.179 e. The van der Waals surface area contributed by atoms with Gasteiger partial charge in [-0.3, -0.25) is 0 Å². The second-order valence-electron chi connectivity index (χ2n) is 21.6. The molecule has 0 saturated carbocycles. The molecule has 2 heterocycles. The van der Waals surface area contributed by atoms with E-state index in [1.54, 1.807) is 0 Å². The first-order valence-electron chi connectivity index (χ1n) is 28.3. The zero-order valence-corrected chi connectivity index (χ0v) is 45.8. The summed E-state index contributed by atoms with van der Waals surface area (Å²) in [6.07, 6.45) is 0. The molecule has 17 rings (SSSR count). The summed E-state index contributed by atoms with van der Waals surface area (Å²) in [7, 11) is -2.98. The molecule has 3 aliphatic rings. The second-order valence-corrected chi connectivity index (χ2v) is 25.4. The van der Waals surface area contributed by atoms with Crippen molar-refractivity contribution in [3.05, 3.63) is 337 Å². The predicted molar refractivity (Wildman–Crippen MR) is 340 cm³/mol. The number of hydrogen-bond acceptors (Lipinski definition) is 3. The van der Waals surface area contributed by atoms with E-state index >= 15 is 0 Å². The standard InChI is InChI=1S/C77H52N4Si/c1-5-26-51(27-6-1)57-36-13-16-41-63(57)76-78-75(79-77(80-76)64-42-19-22-48-69(64)81-67-46-20-17-37-59(67)60-38-18-21-47-68(60)81)53-29-23-28-52(50-53)58-43-24-44-65-71-61-39-14-15-40-62(61)74(72(58)65)73-66(71)45-25-49-70(73)82(54-30-7-2-8-31-54,55-32-9-3-10-33-55)56-34-11-4-12-35-56/h1-50,71,74H. The van der Waals surface area contributed by atoms with E-state index in [4.69, 9.17) is 15.0 Å². The average Bonchev–Trinajstić information content (AvgIpc) is 2.67.